The predicted octanol–water partition coefficient (Wildman–Crippen LogP) is 3.12. The third kappa shape index (κ3) is 3.32. The van der Waals surface area contributed by atoms with Gasteiger partial charge in [0.15, 0.2) is 0 Å². The van der Waals surface area contributed by atoms with E-state index in [1.54, 1.807) is 6.07 Å². The van der Waals surface area contributed by atoms with Crippen molar-refractivity contribution < 1.29 is 4.84 Å². The highest BCUT2D eigenvalue weighted by Gasteiger charge is 2.13. The number of hydrogen-bond donors (Lipinski definition) is 0. The average Bonchev–Trinajstić information content (AvgIpc) is 2.40. The lowest BCUT2D eigenvalue weighted by Gasteiger charge is -2.18. The van der Waals surface area contributed by atoms with Crippen LogP contribution in [0.2, 0.25) is 0 Å². The van der Waals surface area contributed by atoms with Gasteiger partial charge in [0.05, 0.1) is 11.6 Å². The Labute approximate surface area is 102 Å². The maximum atomic E-state index is 8.89. The molecule has 0 aromatic heterocycles. The highest BCUT2D eigenvalue weighted by atomic mass is 16.6. The molecule has 3 heteroatoms. The Kier molecular flexibility index (Phi) is 4.15. The minimum Gasteiger partial charge on any atom is -0.392 e. The third-order valence-electron chi connectivity index (χ3n) is 2.97. The Morgan fingerprint density at radius 2 is 1.82 bits per heavy atom. The number of benzene rings is 1. The van der Waals surface area contributed by atoms with E-state index in [1.165, 1.54) is 19.3 Å². The average molecular weight is 227 g/mol. The summed E-state index contributed by atoms with van der Waals surface area (Å²) in [6, 6.07) is 9.35. The summed E-state index contributed by atoms with van der Waals surface area (Å²) in [5, 5.41) is 12.8. The van der Waals surface area contributed by atoms with E-state index in [-0.39, 0.29) is 6.10 Å². The molecule has 0 aliphatic heterocycles. The molecule has 0 bridgehead atoms. The molecule has 1 fully saturated rings. The largest absolute Gasteiger partial charge is 0.392 e. The summed E-state index contributed by atoms with van der Waals surface area (Å²) >= 11 is 0. The first-order chi connectivity index (χ1) is 8.40. The predicted molar refractivity (Wildman–Crippen MR) is 65.7 cm³/mol. The molecule has 1 aliphatic carbocycles. The van der Waals surface area contributed by atoms with Gasteiger partial charge in [-0.3, -0.25) is 0 Å². The molecular formula is C14H15N2O. The number of rotatable bonds is 3. The molecule has 0 heterocycles. The van der Waals surface area contributed by atoms with Crippen molar-refractivity contribution >= 4 is 6.21 Å². The van der Waals surface area contributed by atoms with Crippen LogP contribution in [-0.4, -0.2) is 12.3 Å². The first-order valence-electron chi connectivity index (χ1n) is 6.01. The Morgan fingerprint density at radius 3 is 2.53 bits per heavy atom. The molecule has 1 radical (unpaired) electrons. The number of nitriles is 1. The molecule has 17 heavy (non-hydrogen) atoms. The number of nitrogens with zero attached hydrogens (tertiary/aromatic N) is 2. The standard InChI is InChI=1S/C14H15N2O/c15-10-12-6-4-5-7-13(12)11-16-17-14-8-2-1-3-9-14/h4-7,14H,1-3,8-9H2. The zero-order valence-electron chi connectivity index (χ0n) is 9.72. The van der Waals surface area contributed by atoms with Crippen LogP contribution in [0.25, 0.3) is 0 Å². The molecule has 2 rings (SSSR count). The van der Waals surface area contributed by atoms with Crippen LogP contribution in [0.3, 0.4) is 0 Å². The number of hydrogen-bond acceptors (Lipinski definition) is 3. The van der Waals surface area contributed by atoms with Crippen LogP contribution in [0.5, 0.6) is 0 Å². The Bertz CT molecular complexity index is 428. The molecule has 1 aliphatic rings. The van der Waals surface area contributed by atoms with Gasteiger partial charge in [-0.05, 0) is 31.7 Å². The van der Waals surface area contributed by atoms with E-state index >= 15 is 0 Å². The van der Waals surface area contributed by atoms with Crippen LogP contribution >= 0.6 is 0 Å². The smallest absolute Gasteiger partial charge is 0.141 e. The van der Waals surface area contributed by atoms with Crippen molar-refractivity contribution in [1.29, 1.82) is 5.26 Å². The highest BCUT2D eigenvalue weighted by molar-refractivity contribution is 5.82. The van der Waals surface area contributed by atoms with Crippen LogP contribution in [0.4, 0.5) is 0 Å². The van der Waals surface area contributed by atoms with Crippen molar-refractivity contribution in [1.82, 2.24) is 0 Å². The molecule has 87 valence electrons. The third-order valence-corrected chi connectivity index (χ3v) is 2.97. The van der Waals surface area contributed by atoms with Crippen molar-refractivity contribution in [3.63, 3.8) is 0 Å². The molecule has 0 atom stereocenters. The van der Waals surface area contributed by atoms with E-state index in [0.717, 1.165) is 12.8 Å². The van der Waals surface area contributed by atoms with Crippen LogP contribution < -0.4 is 0 Å². The zero-order valence-corrected chi connectivity index (χ0v) is 9.72. The zero-order chi connectivity index (χ0) is 11.9. The van der Waals surface area contributed by atoms with Crippen molar-refractivity contribution in [2.45, 2.75) is 38.2 Å². The molecule has 1 aromatic rings. The van der Waals surface area contributed by atoms with Gasteiger partial charge in [0, 0.05) is 5.56 Å². The summed E-state index contributed by atoms with van der Waals surface area (Å²) in [5.41, 5.74) is 1.26. The van der Waals surface area contributed by atoms with Gasteiger partial charge in [0.1, 0.15) is 12.3 Å². The lowest BCUT2D eigenvalue weighted by atomic mass is 9.98. The Balaban J connectivity index is 1.93. The summed E-state index contributed by atoms with van der Waals surface area (Å²) in [6.45, 7) is 0. The fourth-order valence-electron chi connectivity index (χ4n) is 2.00. The molecule has 0 spiro atoms. The summed E-state index contributed by atoms with van der Waals surface area (Å²) in [5.74, 6) is 0. The molecular weight excluding hydrogens is 212 g/mol. The van der Waals surface area contributed by atoms with E-state index in [9.17, 15) is 0 Å². The van der Waals surface area contributed by atoms with Gasteiger partial charge in [0.2, 0.25) is 0 Å². The molecule has 1 saturated carbocycles. The normalized spacial score (nSPS) is 16.9. The minimum absolute atomic E-state index is 0.227. The van der Waals surface area contributed by atoms with Crippen molar-refractivity contribution in [2.24, 2.45) is 5.16 Å². The van der Waals surface area contributed by atoms with Gasteiger partial charge in [-0.25, -0.2) is 0 Å². The van der Waals surface area contributed by atoms with E-state index in [4.69, 9.17) is 10.1 Å². The second kappa shape index (κ2) is 6.05. The topological polar surface area (TPSA) is 45.4 Å². The molecule has 0 saturated heterocycles. The summed E-state index contributed by atoms with van der Waals surface area (Å²) in [4.78, 5) is 5.39. The van der Waals surface area contributed by atoms with Gasteiger partial charge in [-0.1, -0.05) is 29.8 Å². The van der Waals surface area contributed by atoms with Crippen LogP contribution in [0.15, 0.2) is 29.4 Å². The fraction of sp³-hybridized carbons (Fsp3) is 0.429. The van der Waals surface area contributed by atoms with Gasteiger partial charge >= 0.3 is 0 Å². The first-order valence-corrected chi connectivity index (χ1v) is 6.01. The van der Waals surface area contributed by atoms with E-state index in [2.05, 4.69) is 17.4 Å². The summed E-state index contributed by atoms with van der Waals surface area (Å²) in [7, 11) is 0. The maximum Gasteiger partial charge on any atom is 0.141 e. The van der Waals surface area contributed by atoms with E-state index in [0.29, 0.717) is 11.1 Å². The van der Waals surface area contributed by atoms with Gasteiger partial charge in [0.25, 0.3) is 0 Å². The molecule has 1 aromatic carbocycles. The van der Waals surface area contributed by atoms with Gasteiger partial charge in [-0.2, -0.15) is 5.26 Å². The summed E-state index contributed by atoms with van der Waals surface area (Å²) in [6.07, 6.45) is 8.90. The first kappa shape index (κ1) is 11.7. The Hall–Kier alpha value is -1.82. The fourth-order valence-corrected chi connectivity index (χ4v) is 2.00. The van der Waals surface area contributed by atoms with Crippen LogP contribution in [0.1, 0.15) is 43.2 Å². The molecule has 0 amide bonds. The highest BCUT2D eigenvalue weighted by Crippen LogP contribution is 2.20. The van der Waals surface area contributed by atoms with Gasteiger partial charge in [-0.15, -0.1) is 0 Å². The second-order valence-electron chi connectivity index (χ2n) is 4.23. The second-order valence-corrected chi connectivity index (χ2v) is 4.23. The minimum atomic E-state index is 0.227. The monoisotopic (exact) mass is 227 g/mol. The van der Waals surface area contributed by atoms with Crippen molar-refractivity contribution in [3.05, 3.63) is 35.4 Å². The molecule has 0 unspecified atom stereocenters. The van der Waals surface area contributed by atoms with Gasteiger partial charge < -0.3 is 4.84 Å². The van der Waals surface area contributed by atoms with E-state index < -0.39 is 0 Å². The van der Waals surface area contributed by atoms with Crippen molar-refractivity contribution in [3.8, 4) is 6.07 Å². The quantitative estimate of drug-likeness (QED) is 0.588. The lowest BCUT2D eigenvalue weighted by molar-refractivity contribution is 0.0340. The van der Waals surface area contributed by atoms with E-state index in [1.807, 2.05) is 18.2 Å². The Morgan fingerprint density at radius 1 is 1.12 bits per heavy atom. The molecule has 3 nitrogen and oxygen atoms in total. The SMILES string of the molecule is N#Cc1ccccc1/[C]=N/OC1CCCCC1. The van der Waals surface area contributed by atoms with Crippen LogP contribution in [-0.2, 0) is 4.84 Å². The molecule has 0 N–H and O–H groups in total. The summed E-state index contributed by atoms with van der Waals surface area (Å²) < 4.78 is 0. The van der Waals surface area contributed by atoms with Crippen LogP contribution in [0, 0.1) is 11.3 Å². The maximum absolute atomic E-state index is 8.89. The van der Waals surface area contributed by atoms with Crippen molar-refractivity contribution in [2.75, 3.05) is 0 Å². The lowest BCUT2D eigenvalue weighted by Crippen LogP contribution is -2.13.